The standard InChI is InChI=1S/C15H24FNO3/c1-3-4-7-19-9-13(18)10-20-15-8-12(16)5-6-14(15)11(2)17/h5-6,8,11,13,18H,3-4,7,9-10,17H2,1-2H3. The maximum absolute atomic E-state index is 13.2. The Balaban J connectivity index is 2.46. The van der Waals surface area contributed by atoms with Crippen molar-refractivity contribution in [3.8, 4) is 5.75 Å². The topological polar surface area (TPSA) is 64.7 Å². The molecule has 0 aliphatic carbocycles. The third-order valence-corrected chi connectivity index (χ3v) is 2.85. The molecule has 4 nitrogen and oxygen atoms in total. The van der Waals surface area contributed by atoms with Crippen molar-refractivity contribution < 1.29 is 19.0 Å². The van der Waals surface area contributed by atoms with Crippen LogP contribution >= 0.6 is 0 Å². The van der Waals surface area contributed by atoms with E-state index in [1.165, 1.54) is 12.1 Å². The summed E-state index contributed by atoms with van der Waals surface area (Å²) in [6, 6.07) is 3.96. The minimum Gasteiger partial charge on any atom is -0.490 e. The second-order valence-electron chi connectivity index (χ2n) is 4.86. The highest BCUT2D eigenvalue weighted by atomic mass is 19.1. The van der Waals surface area contributed by atoms with E-state index in [1.54, 1.807) is 13.0 Å². The molecule has 0 heterocycles. The second-order valence-corrected chi connectivity index (χ2v) is 4.86. The third-order valence-electron chi connectivity index (χ3n) is 2.85. The van der Waals surface area contributed by atoms with Gasteiger partial charge in [-0.3, -0.25) is 0 Å². The van der Waals surface area contributed by atoms with Crippen LogP contribution in [0.3, 0.4) is 0 Å². The van der Waals surface area contributed by atoms with Gasteiger partial charge in [-0.1, -0.05) is 19.4 Å². The van der Waals surface area contributed by atoms with Crippen LogP contribution < -0.4 is 10.5 Å². The first-order valence-corrected chi connectivity index (χ1v) is 6.98. The Labute approximate surface area is 119 Å². The molecule has 2 unspecified atom stereocenters. The van der Waals surface area contributed by atoms with Gasteiger partial charge in [0.05, 0.1) is 6.61 Å². The summed E-state index contributed by atoms with van der Waals surface area (Å²) in [5.74, 6) is -0.0225. The first kappa shape index (κ1) is 16.9. The predicted molar refractivity (Wildman–Crippen MR) is 76.2 cm³/mol. The molecular weight excluding hydrogens is 261 g/mol. The predicted octanol–water partition coefficient (Wildman–Crippen LogP) is 2.40. The van der Waals surface area contributed by atoms with Crippen molar-refractivity contribution >= 4 is 0 Å². The number of benzene rings is 1. The van der Waals surface area contributed by atoms with Crippen LogP contribution in [0.1, 0.15) is 38.3 Å². The molecule has 5 heteroatoms. The van der Waals surface area contributed by atoms with Gasteiger partial charge in [0.2, 0.25) is 0 Å². The smallest absolute Gasteiger partial charge is 0.127 e. The van der Waals surface area contributed by atoms with Gasteiger partial charge in [-0.2, -0.15) is 0 Å². The Hall–Kier alpha value is -1.17. The molecule has 0 aromatic heterocycles. The van der Waals surface area contributed by atoms with E-state index in [0.717, 1.165) is 12.8 Å². The van der Waals surface area contributed by atoms with Gasteiger partial charge < -0.3 is 20.3 Å². The molecule has 3 N–H and O–H groups in total. The fraction of sp³-hybridized carbons (Fsp3) is 0.600. The highest BCUT2D eigenvalue weighted by molar-refractivity contribution is 5.36. The van der Waals surface area contributed by atoms with Crippen molar-refractivity contribution in [1.82, 2.24) is 0 Å². The lowest BCUT2D eigenvalue weighted by Crippen LogP contribution is -2.24. The molecule has 0 saturated heterocycles. The Kier molecular flexibility index (Phi) is 7.51. The van der Waals surface area contributed by atoms with Crippen LogP contribution in [0.25, 0.3) is 0 Å². The quantitative estimate of drug-likeness (QED) is 0.684. The molecule has 1 aromatic rings. The fourth-order valence-electron chi connectivity index (χ4n) is 1.71. The molecule has 0 fully saturated rings. The van der Waals surface area contributed by atoms with Gasteiger partial charge in [0.1, 0.15) is 24.3 Å². The van der Waals surface area contributed by atoms with Gasteiger partial charge in [0.15, 0.2) is 0 Å². The molecular formula is C15H24FNO3. The number of ether oxygens (including phenoxy) is 2. The first-order valence-electron chi connectivity index (χ1n) is 6.98. The number of aliphatic hydroxyl groups excluding tert-OH is 1. The minimum absolute atomic E-state index is 0.0509. The van der Waals surface area contributed by atoms with Gasteiger partial charge in [-0.15, -0.1) is 0 Å². The number of hydrogen-bond donors (Lipinski definition) is 2. The summed E-state index contributed by atoms with van der Waals surface area (Å²) < 4.78 is 24.0. The Morgan fingerprint density at radius 2 is 2.10 bits per heavy atom. The summed E-state index contributed by atoms with van der Waals surface area (Å²) in [5.41, 5.74) is 6.51. The molecule has 0 bridgehead atoms. The lowest BCUT2D eigenvalue weighted by Gasteiger charge is -2.16. The molecule has 0 aliphatic heterocycles. The van der Waals surface area contributed by atoms with E-state index >= 15 is 0 Å². The van der Waals surface area contributed by atoms with Crippen molar-refractivity contribution in [2.75, 3.05) is 19.8 Å². The average Bonchev–Trinajstić information content (AvgIpc) is 2.41. The zero-order chi connectivity index (χ0) is 15.0. The van der Waals surface area contributed by atoms with E-state index in [-0.39, 0.29) is 19.3 Å². The molecule has 0 aliphatic rings. The summed E-state index contributed by atoms with van der Waals surface area (Å²) in [6.45, 7) is 4.75. The minimum atomic E-state index is -0.740. The molecule has 0 spiro atoms. The van der Waals surface area contributed by atoms with E-state index in [4.69, 9.17) is 15.2 Å². The average molecular weight is 285 g/mol. The van der Waals surface area contributed by atoms with E-state index in [1.807, 2.05) is 0 Å². The van der Waals surface area contributed by atoms with Crippen LogP contribution in [0.15, 0.2) is 18.2 Å². The summed E-state index contributed by atoms with van der Waals surface area (Å²) >= 11 is 0. The normalized spacial score (nSPS) is 14.1. The van der Waals surface area contributed by atoms with Crippen molar-refractivity contribution in [3.05, 3.63) is 29.6 Å². The van der Waals surface area contributed by atoms with E-state index in [0.29, 0.717) is 17.9 Å². The van der Waals surface area contributed by atoms with Gasteiger partial charge >= 0.3 is 0 Å². The van der Waals surface area contributed by atoms with Gasteiger partial charge in [-0.25, -0.2) is 4.39 Å². The number of unbranched alkanes of at least 4 members (excludes halogenated alkanes) is 1. The summed E-state index contributed by atoms with van der Waals surface area (Å²) in [6.07, 6.45) is 1.27. The number of hydrogen-bond acceptors (Lipinski definition) is 4. The maximum atomic E-state index is 13.2. The van der Waals surface area contributed by atoms with Crippen LogP contribution in [0.5, 0.6) is 5.75 Å². The number of nitrogens with two attached hydrogens (primary N) is 1. The van der Waals surface area contributed by atoms with Crippen LogP contribution in [-0.4, -0.2) is 31.0 Å². The Bertz CT molecular complexity index is 399. The van der Waals surface area contributed by atoms with Gasteiger partial charge in [0, 0.05) is 24.3 Å². The van der Waals surface area contributed by atoms with Crippen molar-refractivity contribution in [1.29, 1.82) is 0 Å². The molecule has 114 valence electrons. The first-order chi connectivity index (χ1) is 9.54. The summed E-state index contributed by atoms with van der Waals surface area (Å²) in [4.78, 5) is 0. The molecule has 1 rings (SSSR count). The lowest BCUT2D eigenvalue weighted by atomic mass is 10.1. The second kappa shape index (κ2) is 8.89. The molecule has 2 atom stereocenters. The third kappa shape index (κ3) is 5.86. The van der Waals surface area contributed by atoms with Crippen molar-refractivity contribution in [3.63, 3.8) is 0 Å². The largest absolute Gasteiger partial charge is 0.490 e. The molecule has 0 radical (unpaired) electrons. The van der Waals surface area contributed by atoms with E-state index < -0.39 is 11.9 Å². The van der Waals surface area contributed by atoms with Crippen molar-refractivity contribution in [2.45, 2.75) is 38.8 Å². The van der Waals surface area contributed by atoms with E-state index in [2.05, 4.69) is 6.92 Å². The van der Waals surface area contributed by atoms with Crippen LogP contribution in [0.4, 0.5) is 4.39 Å². The Morgan fingerprint density at radius 1 is 1.35 bits per heavy atom. The maximum Gasteiger partial charge on any atom is 0.127 e. The highest BCUT2D eigenvalue weighted by Crippen LogP contribution is 2.24. The molecule has 0 saturated carbocycles. The van der Waals surface area contributed by atoms with Crippen LogP contribution in [-0.2, 0) is 4.74 Å². The highest BCUT2D eigenvalue weighted by Gasteiger charge is 2.12. The van der Waals surface area contributed by atoms with Crippen molar-refractivity contribution in [2.24, 2.45) is 5.73 Å². The van der Waals surface area contributed by atoms with Gasteiger partial charge in [0.25, 0.3) is 0 Å². The zero-order valence-electron chi connectivity index (χ0n) is 12.1. The van der Waals surface area contributed by atoms with Crippen LogP contribution in [0.2, 0.25) is 0 Å². The zero-order valence-corrected chi connectivity index (χ0v) is 12.1. The molecule has 20 heavy (non-hydrogen) atoms. The molecule has 0 amide bonds. The summed E-state index contributed by atoms with van der Waals surface area (Å²) in [5, 5.41) is 9.73. The lowest BCUT2D eigenvalue weighted by molar-refractivity contribution is 0.0110. The SMILES string of the molecule is CCCCOCC(O)COc1cc(F)ccc1C(C)N. The number of aliphatic hydroxyl groups is 1. The number of halogens is 1. The monoisotopic (exact) mass is 285 g/mol. The van der Waals surface area contributed by atoms with E-state index in [9.17, 15) is 9.50 Å². The van der Waals surface area contributed by atoms with Gasteiger partial charge in [-0.05, 0) is 19.4 Å². The fourth-order valence-corrected chi connectivity index (χ4v) is 1.71. The number of rotatable bonds is 9. The van der Waals surface area contributed by atoms with Crippen LogP contribution in [0, 0.1) is 5.82 Å². The summed E-state index contributed by atoms with van der Waals surface area (Å²) in [7, 11) is 0. The molecule has 1 aromatic carbocycles. The Morgan fingerprint density at radius 3 is 2.75 bits per heavy atom.